The maximum atomic E-state index is 14.7. The summed E-state index contributed by atoms with van der Waals surface area (Å²) in [6.07, 6.45) is 9.43. The summed E-state index contributed by atoms with van der Waals surface area (Å²) < 4.78 is 4.55. The highest BCUT2D eigenvalue weighted by Crippen LogP contribution is 2.71. The number of rotatable bonds is 15. The van der Waals surface area contributed by atoms with Crippen LogP contribution in [-0.2, 0) is 19.1 Å². The first-order valence-electron chi connectivity index (χ1n) is 14.7. The van der Waals surface area contributed by atoms with E-state index in [2.05, 4.69) is 20.1 Å². The van der Waals surface area contributed by atoms with Crippen molar-refractivity contribution in [3.8, 4) is 0 Å². The van der Waals surface area contributed by atoms with E-state index in [0.717, 1.165) is 37.7 Å². The highest BCUT2D eigenvalue weighted by Gasteiger charge is 2.77. The predicted octanol–water partition coefficient (Wildman–Crippen LogP) is 5.71. The molecule has 1 spiro atoms. The van der Waals surface area contributed by atoms with Crippen molar-refractivity contribution in [2.45, 2.75) is 80.7 Å². The van der Waals surface area contributed by atoms with Gasteiger partial charge in [0.1, 0.15) is 6.04 Å². The molecule has 0 saturated carbocycles. The van der Waals surface area contributed by atoms with Crippen LogP contribution in [0, 0.1) is 18.8 Å². The molecule has 224 valence electrons. The minimum Gasteiger partial charge on any atom is -0.465 e. The van der Waals surface area contributed by atoms with Gasteiger partial charge in [-0.15, -0.1) is 24.9 Å². The van der Waals surface area contributed by atoms with Gasteiger partial charge in [0.15, 0.2) is 0 Å². The third-order valence-corrected chi connectivity index (χ3v) is 11.2. The number of carbonyl (C=O) groups excluding carboxylic acids is 3. The molecule has 0 aliphatic carbocycles. The van der Waals surface area contributed by atoms with E-state index in [4.69, 9.17) is 16.3 Å². The standard InChI is InChI=1S/C32H43ClN2O5S/c1-5-7-8-12-21-40-30(39)25-24-28(37)35(19-10-9-11-20-36)27(32(24)17-16-31(25,4)41-32)29(38)34(18-6-2)26-22(3)14-13-15-23(26)33/h5-6,13-15,24-25,27,36H,1-2,7-12,16-21H2,3-4H3/t24-,25-,27?,31+,32?/m0/s1. The van der Waals surface area contributed by atoms with Crippen LogP contribution in [0.4, 0.5) is 5.69 Å². The molecular formula is C32H43ClN2O5S. The van der Waals surface area contributed by atoms with E-state index in [9.17, 15) is 19.5 Å². The molecule has 3 aliphatic rings. The number of likely N-dealkylation sites (tertiary alicyclic amines) is 1. The van der Waals surface area contributed by atoms with Gasteiger partial charge in [-0.25, -0.2) is 0 Å². The summed E-state index contributed by atoms with van der Waals surface area (Å²) >= 11 is 8.28. The van der Waals surface area contributed by atoms with Gasteiger partial charge in [0.25, 0.3) is 5.91 Å². The number of anilines is 1. The fraction of sp³-hybridized carbons (Fsp3) is 0.594. The lowest BCUT2D eigenvalue weighted by Crippen LogP contribution is -2.55. The van der Waals surface area contributed by atoms with Crippen molar-refractivity contribution in [1.82, 2.24) is 4.90 Å². The predicted molar refractivity (Wildman–Crippen MR) is 165 cm³/mol. The Bertz CT molecular complexity index is 1160. The molecule has 0 aromatic heterocycles. The number of unbranched alkanes of at least 4 members (excludes halogenated alkanes) is 4. The number of thioether (sulfide) groups is 1. The average Bonchev–Trinajstić information content (AvgIpc) is 3.50. The molecule has 0 radical (unpaired) electrons. The average molecular weight is 603 g/mol. The van der Waals surface area contributed by atoms with Gasteiger partial charge in [-0.05, 0) is 76.8 Å². The number of hydrogen-bond donors (Lipinski definition) is 1. The van der Waals surface area contributed by atoms with Crippen molar-refractivity contribution in [2.24, 2.45) is 11.8 Å². The molecule has 2 unspecified atom stereocenters. The number of para-hydroxylation sites is 1. The van der Waals surface area contributed by atoms with Crippen LogP contribution in [0.5, 0.6) is 0 Å². The van der Waals surface area contributed by atoms with E-state index in [-0.39, 0.29) is 30.9 Å². The zero-order valence-corrected chi connectivity index (χ0v) is 25.9. The lowest BCUT2D eigenvalue weighted by molar-refractivity contribution is -0.155. The number of ether oxygens (including phenoxy) is 1. The number of aryl methyl sites for hydroxylation is 1. The fourth-order valence-electron chi connectivity index (χ4n) is 7.06. The molecule has 41 heavy (non-hydrogen) atoms. The number of carbonyl (C=O) groups is 3. The second-order valence-electron chi connectivity index (χ2n) is 11.6. The van der Waals surface area contributed by atoms with Crippen LogP contribution in [0.15, 0.2) is 43.5 Å². The number of nitrogens with zero attached hydrogens (tertiary/aromatic N) is 2. The molecule has 1 aromatic rings. The Hall–Kier alpha value is -2.29. The molecule has 3 heterocycles. The molecule has 3 fully saturated rings. The van der Waals surface area contributed by atoms with Crippen LogP contribution in [0.25, 0.3) is 0 Å². The summed E-state index contributed by atoms with van der Waals surface area (Å²) in [4.78, 5) is 46.0. The van der Waals surface area contributed by atoms with Crippen LogP contribution >= 0.6 is 23.4 Å². The fourth-order valence-corrected chi connectivity index (χ4v) is 9.72. The Kier molecular flexibility index (Phi) is 10.3. The summed E-state index contributed by atoms with van der Waals surface area (Å²) in [6.45, 7) is 12.6. The summed E-state index contributed by atoms with van der Waals surface area (Å²) in [7, 11) is 0. The van der Waals surface area contributed by atoms with Crippen LogP contribution in [0.2, 0.25) is 5.02 Å². The molecular weight excluding hydrogens is 560 g/mol. The van der Waals surface area contributed by atoms with Gasteiger partial charge >= 0.3 is 5.97 Å². The molecule has 9 heteroatoms. The summed E-state index contributed by atoms with van der Waals surface area (Å²) in [5, 5.41) is 9.76. The maximum absolute atomic E-state index is 14.7. The van der Waals surface area contributed by atoms with E-state index in [1.807, 2.05) is 25.1 Å². The first-order valence-corrected chi connectivity index (χ1v) is 15.9. The molecule has 5 atom stereocenters. The number of benzene rings is 1. The van der Waals surface area contributed by atoms with Crippen molar-refractivity contribution in [2.75, 3.05) is 31.2 Å². The van der Waals surface area contributed by atoms with Crippen LogP contribution in [-0.4, -0.2) is 69.6 Å². The van der Waals surface area contributed by atoms with E-state index in [1.54, 1.807) is 33.7 Å². The number of aliphatic hydroxyl groups is 1. The SMILES string of the molecule is C=CCCCCOC(=O)[C@@H]1[C@H]2C(=O)N(CCCCCO)C(C(=O)N(CC=C)c3c(C)cccc3Cl)C23CC[C@@]1(C)S3. The van der Waals surface area contributed by atoms with Gasteiger partial charge in [-0.2, -0.15) is 0 Å². The highest BCUT2D eigenvalue weighted by atomic mass is 35.5. The molecule has 3 aliphatic heterocycles. The van der Waals surface area contributed by atoms with Crippen LogP contribution < -0.4 is 4.90 Å². The number of hydrogen-bond acceptors (Lipinski definition) is 6. The largest absolute Gasteiger partial charge is 0.465 e. The number of aliphatic hydroxyl groups excluding tert-OH is 1. The summed E-state index contributed by atoms with van der Waals surface area (Å²) in [5.41, 5.74) is 1.47. The van der Waals surface area contributed by atoms with Crippen molar-refractivity contribution < 1.29 is 24.2 Å². The van der Waals surface area contributed by atoms with E-state index in [0.29, 0.717) is 43.1 Å². The second-order valence-corrected chi connectivity index (χ2v) is 13.9. The van der Waals surface area contributed by atoms with Crippen molar-refractivity contribution >= 4 is 46.8 Å². The Balaban J connectivity index is 1.71. The van der Waals surface area contributed by atoms with Crippen molar-refractivity contribution in [3.63, 3.8) is 0 Å². The molecule has 1 N–H and O–H groups in total. The van der Waals surface area contributed by atoms with E-state index in [1.165, 1.54) is 0 Å². The first-order chi connectivity index (χ1) is 19.7. The van der Waals surface area contributed by atoms with E-state index >= 15 is 0 Å². The third-order valence-electron chi connectivity index (χ3n) is 8.90. The highest BCUT2D eigenvalue weighted by molar-refractivity contribution is 8.02. The number of allylic oxidation sites excluding steroid dienone is 1. The zero-order valence-electron chi connectivity index (χ0n) is 24.3. The number of amides is 2. The number of fused-ring (bicyclic) bond motifs is 1. The second kappa shape index (κ2) is 13.3. The number of halogens is 1. The molecule has 1 aromatic carbocycles. The minimum atomic E-state index is -0.748. The molecule has 3 saturated heterocycles. The van der Waals surface area contributed by atoms with Crippen LogP contribution in [0.3, 0.4) is 0 Å². The quantitative estimate of drug-likeness (QED) is 0.157. The molecule has 7 nitrogen and oxygen atoms in total. The monoisotopic (exact) mass is 602 g/mol. The Morgan fingerprint density at radius 1 is 1.20 bits per heavy atom. The smallest absolute Gasteiger partial charge is 0.311 e. The van der Waals surface area contributed by atoms with E-state index < -0.39 is 27.4 Å². The van der Waals surface area contributed by atoms with Gasteiger partial charge in [0, 0.05) is 24.4 Å². The lowest BCUT2D eigenvalue weighted by Gasteiger charge is -2.37. The van der Waals surface area contributed by atoms with Gasteiger partial charge in [0.05, 0.1) is 33.9 Å². The van der Waals surface area contributed by atoms with Gasteiger partial charge in [0.2, 0.25) is 5.91 Å². The lowest BCUT2D eigenvalue weighted by atomic mass is 9.66. The van der Waals surface area contributed by atoms with Gasteiger partial charge in [-0.1, -0.05) is 35.9 Å². The zero-order chi connectivity index (χ0) is 29.8. The first kappa shape index (κ1) is 31.6. The Morgan fingerprint density at radius 3 is 2.66 bits per heavy atom. The minimum absolute atomic E-state index is 0.0800. The topological polar surface area (TPSA) is 87.1 Å². The molecule has 2 bridgehead atoms. The van der Waals surface area contributed by atoms with Crippen molar-refractivity contribution in [3.05, 3.63) is 54.1 Å². The number of esters is 1. The van der Waals surface area contributed by atoms with Gasteiger partial charge < -0.3 is 19.6 Å². The summed E-state index contributed by atoms with van der Waals surface area (Å²) in [6, 6.07) is 4.78. The van der Waals surface area contributed by atoms with Gasteiger partial charge in [-0.3, -0.25) is 14.4 Å². The molecule has 4 rings (SSSR count). The maximum Gasteiger partial charge on any atom is 0.311 e. The Labute approximate surface area is 253 Å². The van der Waals surface area contributed by atoms with Crippen molar-refractivity contribution in [1.29, 1.82) is 0 Å². The summed E-state index contributed by atoms with van der Waals surface area (Å²) in [5.74, 6) is -1.92. The third kappa shape index (κ3) is 5.84. The molecule has 2 amide bonds. The van der Waals surface area contributed by atoms with Crippen LogP contribution in [0.1, 0.15) is 63.9 Å². The Morgan fingerprint density at radius 2 is 1.98 bits per heavy atom. The normalized spacial score (nSPS) is 28.0.